The van der Waals surface area contributed by atoms with Gasteiger partial charge in [-0.2, -0.15) is 4.98 Å². The number of para-hydroxylation sites is 2. The molecule has 4 rings (SSSR count). The molecule has 1 saturated heterocycles. The number of ether oxygens (including phenoxy) is 2. The average molecular weight is 378 g/mol. The van der Waals surface area contributed by atoms with Crippen LogP contribution in [-0.4, -0.2) is 61.2 Å². The van der Waals surface area contributed by atoms with Gasteiger partial charge in [-0.15, -0.1) is 0 Å². The Kier molecular flexibility index (Phi) is 4.97. The lowest BCUT2D eigenvalue weighted by molar-refractivity contribution is 0.0742. The predicted molar refractivity (Wildman–Crippen MR) is 107 cm³/mol. The smallest absolute Gasteiger partial charge is 0.259 e. The van der Waals surface area contributed by atoms with E-state index in [1.807, 2.05) is 47.4 Å². The maximum Gasteiger partial charge on any atom is 0.259 e. The van der Waals surface area contributed by atoms with Gasteiger partial charge in [-0.3, -0.25) is 4.79 Å². The van der Waals surface area contributed by atoms with Crippen molar-refractivity contribution in [3.63, 3.8) is 0 Å². The van der Waals surface area contributed by atoms with Gasteiger partial charge in [0.15, 0.2) is 5.65 Å². The molecule has 7 heteroatoms. The van der Waals surface area contributed by atoms with Crippen molar-refractivity contribution in [1.29, 1.82) is 0 Å². The van der Waals surface area contributed by atoms with Crippen LogP contribution < -0.4 is 14.4 Å². The number of methoxy groups -OCH3 is 2. The molecule has 0 saturated carbocycles. The van der Waals surface area contributed by atoms with E-state index in [0.717, 1.165) is 29.9 Å². The second-order valence-electron chi connectivity index (χ2n) is 6.55. The molecule has 1 aliphatic heterocycles. The summed E-state index contributed by atoms with van der Waals surface area (Å²) in [5.41, 5.74) is 2.08. The molecule has 7 nitrogen and oxygen atoms in total. The Bertz CT molecular complexity index is 1000. The largest absolute Gasteiger partial charge is 0.495 e. The van der Waals surface area contributed by atoms with E-state index in [2.05, 4.69) is 14.9 Å². The Balaban J connectivity index is 1.53. The van der Waals surface area contributed by atoms with Gasteiger partial charge < -0.3 is 19.3 Å². The summed E-state index contributed by atoms with van der Waals surface area (Å²) in [7, 11) is 3.19. The second-order valence-corrected chi connectivity index (χ2v) is 6.55. The number of nitrogens with zero attached hydrogens (tertiary/aromatic N) is 4. The van der Waals surface area contributed by atoms with Crippen LogP contribution in [0.1, 0.15) is 10.4 Å². The zero-order valence-corrected chi connectivity index (χ0v) is 16.0. The van der Waals surface area contributed by atoms with Crippen molar-refractivity contribution in [2.24, 2.45) is 0 Å². The lowest BCUT2D eigenvalue weighted by atomic mass is 10.1. The van der Waals surface area contributed by atoms with E-state index in [9.17, 15) is 4.79 Å². The third-order valence-electron chi connectivity index (χ3n) is 4.97. The molecule has 0 aliphatic carbocycles. The molecule has 1 fully saturated rings. The van der Waals surface area contributed by atoms with Crippen molar-refractivity contribution in [1.82, 2.24) is 14.9 Å². The fourth-order valence-electron chi connectivity index (χ4n) is 3.51. The minimum atomic E-state index is -0.0743. The van der Waals surface area contributed by atoms with E-state index in [0.29, 0.717) is 30.2 Å². The third-order valence-corrected chi connectivity index (χ3v) is 4.97. The van der Waals surface area contributed by atoms with Gasteiger partial charge in [0.1, 0.15) is 11.3 Å². The summed E-state index contributed by atoms with van der Waals surface area (Å²) >= 11 is 0. The van der Waals surface area contributed by atoms with Crippen LogP contribution in [-0.2, 0) is 0 Å². The molecular formula is C21H22N4O3. The zero-order chi connectivity index (χ0) is 19.5. The van der Waals surface area contributed by atoms with Gasteiger partial charge in [0.25, 0.3) is 5.91 Å². The summed E-state index contributed by atoms with van der Waals surface area (Å²) in [5, 5.41) is 0.819. The Labute approximate surface area is 163 Å². The van der Waals surface area contributed by atoms with Crippen LogP contribution in [0.5, 0.6) is 11.6 Å². The van der Waals surface area contributed by atoms with Crippen molar-refractivity contribution in [3.05, 3.63) is 54.2 Å². The highest BCUT2D eigenvalue weighted by Gasteiger charge is 2.26. The number of hydrogen-bond acceptors (Lipinski definition) is 6. The summed E-state index contributed by atoms with van der Waals surface area (Å²) in [6.07, 6.45) is 1.67. The number of fused-ring (bicyclic) bond motifs is 1. The monoisotopic (exact) mass is 378 g/mol. The first-order valence-electron chi connectivity index (χ1n) is 9.18. The van der Waals surface area contributed by atoms with Gasteiger partial charge in [0.05, 0.1) is 19.9 Å². The van der Waals surface area contributed by atoms with Crippen LogP contribution in [0.25, 0.3) is 11.0 Å². The zero-order valence-electron chi connectivity index (χ0n) is 16.0. The highest BCUT2D eigenvalue weighted by Crippen LogP contribution is 2.29. The quantitative estimate of drug-likeness (QED) is 0.695. The van der Waals surface area contributed by atoms with Crippen molar-refractivity contribution in [3.8, 4) is 11.6 Å². The van der Waals surface area contributed by atoms with Crippen LogP contribution in [0.4, 0.5) is 5.69 Å². The number of piperazine rings is 1. The Morgan fingerprint density at radius 2 is 1.79 bits per heavy atom. The predicted octanol–water partition coefficient (Wildman–Crippen LogP) is 2.61. The summed E-state index contributed by atoms with van der Waals surface area (Å²) in [6, 6.07) is 13.5. The fourth-order valence-corrected chi connectivity index (χ4v) is 3.51. The normalized spacial score (nSPS) is 14.2. The molecule has 1 aliphatic rings. The maximum absolute atomic E-state index is 13.1. The topological polar surface area (TPSA) is 67.8 Å². The average Bonchev–Trinajstić information content (AvgIpc) is 2.77. The van der Waals surface area contributed by atoms with Crippen LogP contribution in [0.15, 0.2) is 48.7 Å². The number of anilines is 1. The van der Waals surface area contributed by atoms with Crippen LogP contribution in [0.2, 0.25) is 0 Å². The Morgan fingerprint density at radius 3 is 2.54 bits per heavy atom. The maximum atomic E-state index is 13.1. The van der Waals surface area contributed by atoms with E-state index < -0.39 is 0 Å². The molecule has 2 aromatic heterocycles. The summed E-state index contributed by atoms with van der Waals surface area (Å²) in [4.78, 5) is 25.8. The number of carbonyl (C=O) groups is 1. The molecule has 0 unspecified atom stereocenters. The molecule has 0 bridgehead atoms. The molecular weight excluding hydrogens is 356 g/mol. The minimum absolute atomic E-state index is 0.0743. The van der Waals surface area contributed by atoms with Crippen molar-refractivity contribution >= 4 is 22.6 Å². The van der Waals surface area contributed by atoms with Crippen molar-refractivity contribution in [2.45, 2.75) is 0 Å². The van der Waals surface area contributed by atoms with Gasteiger partial charge in [-0.05, 0) is 30.3 Å². The van der Waals surface area contributed by atoms with Crippen LogP contribution >= 0.6 is 0 Å². The van der Waals surface area contributed by atoms with E-state index in [1.54, 1.807) is 13.3 Å². The van der Waals surface area contributed by atoms with E-state index >= 15 is 0 Å². The van der Waals surface area contributed by atoms with Gasteiger partial charge in [0, 0.05) is 37.8 Å². The molecule has 0 spiro atoms. The highest BCUT2D eigenvalue weighted by atomic mass is 16.5. The molecule has 0 N–H and O–H groups in total. The van der Waals surface area contributed by atoms with Gasteiger partial charge in [-0.1, -0.05) is 12.1 Å². The molecule has 28 heavy (non-hydrogen) atoms. The molecule has 1 amide bonds. The Hall–Kier alpha value is -3.35. The lowest BCUT2D eigenvalue weighted by Gasteiger charge is -2.36. The number of hydrogen-bond donors (Lipinski definition) is 0. The number of rotatable bonds is 4. The van der Waals surface area contributed by atoms with Gasteiger partial charge in [0.2, 0.25) is 5.88 Å². The first kappa shape index (κ1) is 18.0. The van der Waals surface area contributed by atoms with E-state index in [1.165, 1.54) is 7.11 Å². The minimum Gasteiger partial charge on any atom is -0.495 e. The molecule has 0 atom stereocenters. The lowest BCUT2D eigenvalue weighted by Crippen LogP contribution is -2.49. The number of benzene rings is 1. The van der Waals surface area contributed by atoms with Crippen LogP contribution in [0, 0.1) is 0 Å². The molecule has 3 heterocycles. The molecule has 3 aromatic rings. The number of amides is 1. The summed E-state index contributed by atoms with van der Waals surface area (Å²) in [5.74, 6) is 1.08. The highest BCUT2D eigenvalue weighted by molar-refractivity contribution is 5.99. The SMILES string of the molecule is COc1ccccc1N1CCN(C(=O)c2cc3cccnc3nc2OC)CC1. The molecule has 144 valence electrons. The number of pyridine rings is 2. The Morgan fingerprint density at radius 1 is 1.00 bits per heavy atom. The summed E-state index contributed by atoms with van der Waals surface area (Å²) < 4.78 is 10.8. The number of aromatic nitrogens is 2. The second kappa shape index (κ2) is 7.72. The fraction of sp³-hybridized carbons (Fsp3) is 0.286. The number of carbonyl (C=O) groups excluding carboxylic acids is 1. The van der Waals surface area contributed by atoms with Crippen molar-refractivity contribution < 1.29 is 14.3 Å². The molecule has 0 radical (unpaired) electrons. The van der Waals surface area contributed by atoms with Gasteiger partial charge in [-0.25, -0.2) is 4.98 Å². The van der Waals surface area contributed by atoms with Gasteiger partial charge >= 0.3 is 0 Å². The first-order chi connectivity index (χ1) is 13.7. The summed E-state index contributed by atoms with van der Waals surface area (Å²) in [6.45, 7) is 2.70. The van der Waals surface area contributed by atoms with Crippen molar-refractivity contribution in [2.75, 3.05) is 45.3 Å². The third kappa shape index (κ3) is 3.31. The van der Waals surface area contributed by atoms with E-state index in [4.69, 9.17) is 9.47 Å². The first-order valence-corrected chi connectivity index (χ1v) is 9.18. The molecule has 1 aromatic carbocycles. The van der Waals surface area contributed by atoms with E-state index in [-0.39, 0.29) is 5.91 Å². The van der Waals surface area contributed by atoms with Crippen LogP contribution in [0.3, 0.4) is 0 Å². The standard InChI is InChI=1S/C21H22N4O3/c1-27-18-8-4-3-7-17(18)24-10-12-25(13-11-24)21(26)16-14-15-6-5-9-22-19(15)23-20(16)28-2/h3-9,14H,10-13H2,1-2H3.